The Morgan fingerprint density at radius 1 is 0.935 bits per heavy atom. The van der Waals surface area contributed by atoms with Crippen LogP contribution in [0.25, 0.3) is 11.1 Å². The smallest absolute Gasteiger partial charge is 0.262 e. The molecule has 0 aliphatic carbocycles. The minimum atomic E-state index is -0.241. The Labute approximate surface area is 191 Å². The SMILES string of the molecule is CN(C)C(=O)CCc1ccc(NC(=O)COc2ccc(-c3ccccc3)cc2Br)cc1. The molecule has 2 amide bonds. The summed E-state index contributed by atoms with van der Waals surface area (Å²) in [5, 5.41) is 2.82. The number of hydrogen-bond acceptors (Lipinski definition) is 3. The predicted octanol–water partition coefficient (Wildman–Crippen LogP) is 5.15. The third-order valence-corrected chi connectivity index (χ3v) is 5.38. The van der Waals surface area contributed by atoms with Gasteiger partial charge in [0.15, 0.2) is 6.61 Å². The van der Waals surface area contributed by atoms with E-state index in [0.29, 0.717) is 24.3 Å². The third kappa shape index (κ3) is 6.69. The summed E-state index contributed by atoms with van der Waals surface area (Å²) in [6.07, 6.45) is 1.13. The van der Waals surface area contributed by atoms with Crippen LogP contribution in [0.3, 0.4) is 0 Å². The first-order chi connectivity index (χ1) is 14.9. The molecular weight excluding hydrogens is 456 g/mol. The topological polar surface area (TPSA) is 58.6 Å². The summed E-state index contributed by atoms with van der Waals surface area (Å²) < 4.78 is 6.46. The van der Waals surface area contributed by atoms with Crippen LogP contribution >= 0.6 is 15.9 Å². The van der Waals surface area contributed by atoms with Crippen LogP contribution in [0.4, 0.5) is 5.69 Å². The monoisotopic (exact) mass is 480 g/mol. The lowest BCUT2D eigenvalue weighted by Gasteiger charge is -2.11. The molecule has 0 saturated heterocycles. The van der Waals surface area contributed by atoms with E-state index in [9.17, 15) is 9.59 Å². The van der Waals surface area contributed by atoms with Gasteiger partial charge in [-0.1, -0.05) is 48.5 Å². The zero-order chi connectivity index (χ0) is 22.2. The zero-order valence-electron chi connectivity index (χ0n) is 17.6. The summed E-state index contributed by atoms with van der Waals surface area (Å²) in [4.78, 5) is 25.5. The van der Waals surface area contributed by atoms with E-state index in [1.807, 2.05) is 72.8 Å². The van der Waals surface area contributed by atoms with Gasteiger partial charge in [-0.2, -0.15) is 0 Å². The number of nitrogens with zero attached hydrogens (tertiary/aromatic N) is 1. The van der Waals surface area contributed by atoms with Gasteiger partial charge in [0.25, 0.3) is 5.91 Å². The molecule has 160 valence electrons. The Balaban J connectivity index is 1.50. The Morgan fingerprint density at radius 2 is 1.65 bits per heavy atom. The van der Waals surface area contributed by atoms with E-state index in [-0.39, 0.29) is 18.4 Å². The van der Waals surface area contributed by atoms with E-state index in [4.69, 9.17) is 4.74 Å². The van der Waals surface area contributed by atoms with Crippen molar-refractivity contribution in [3.05, 3.63) is 82.8 Å². The van der Waals surface area contributed by atoms with Crippen LogP contribution in [0.2, 0.25) is 0 Å². The lowest BCUT2D eigenvalue weighted by Crippen LogP contribution is -2.21. The molecule has 3 rings (SSSR count). The fourth-order valence-corrected chi connectivity index (χ4v) is 3.49. The molecule has 0 atom stereocenters. The molecule has 0 fully saturated rings. The Kier molecular flexibility index (Phi) is 7.84. The lowest BCUT2D eigenvalue weighted by atomic mass is 10.1. The standard InChI is InChI=1S/C25H25BrN2O3/c1-28(2)25(30)15-10-18-8-12-21(13-9-18)27-24(29)17-31-23-14-11-20(16-22(23)26)19-6-4-3-5-7-19/h3-9,11-14,16H,10,15,17H2,1-2H3,(H,27,29). The van der Waals surface area contributed by atoms with Crippen LogP contribution in [0.5, 0.6) is 5.75 Å². The molecule has 0 radical (unpaired) electrons. The van der Waals surface area contributed by atoms with Gasteiger partial charge in [0, 0.05) is 26.2 Å². The number of rotatable bonds is 8. The molecule has 31 heavy (non-hydrogen) atoms. The van der Waals surface area contributed by atoms with Crippen molar-refractivity contribution in [2.45, 2.75) is 12.8 Å². The highest BCUT2D eigenvalue weighted by atomic mass is 79.9. The number of aryl methyl sites for hydroxylation is 1. The van der Waals surface area contributed by atoms with Crippen molar-refractivity contribution in [1.82, 2.24) is 4.90 Å². The number of amides is 2. The summed E-state index contributed by atoms with van der Waals surface area (Å²) in [7, 11) is 3.50. The molecule has 0 unspecified atom stereocenters. The molecule has 0 heterocycles. The second-order valence-corrected chi connectivity index (χ2v) is 8.19. The summed E-state index contributed by atoms with van der Waals surface area (Å²) >= 11 is 3.52. The fourth-order valence-electron chi connectivity index (χ4n) is 3.00. The Bertz CT molecular complexity index is 1030. The predicted molar refractivity (Wildman–Crippen MR) is 127 cm³/mol. The number of halogens is 1. The summed E-state index contributed by atoms with van der Waals surface area (Å²) in [5.41, 5.74) is 3.92. The van der Waals surface area contributed by atoms with E-state index in [1.54, 1.807) is 19.0 Å². The number of anilines is 1. The van der Waals surface area contributed by atoms with Crippen LogP contribution in [0.15, 0.2) is 77.3 Å². The molecule has 1 N–H and O–H groups in total. The van der Waals surface area contributed by atoms with Gasteiger partial charge in [-0.3, -0.25) is 9.59 Å². The van der Waals surface area contributed by atoms with Crippen LogP contribution in [-0.4, -0.2) is 37.4 Å². The van der Waals surface area contributed by atoms with Gasteiger partial charge >= 0.3 is 0 Å². The van der Waals surface area contributed by atoms with Gasteiger partial charge < -0.3 is 15.0 Å². The minimum Gasteiger partial charge on any atom is -0.483 e. The van der Waals surface area contributed by atoms with Crippen molar-refractivity contribution in [3.63, 3.8) is 0 Å². The number of carbonyl (C=O) groups is 2. The van der Waals surface area contributed by atoms with Crippen LogP contribution in [0, 0.1) is 0 Å². The number of ether oxygens (including phenoxy) is 1. The molecule has 0 saturated carbocycles. The molecule has 6 heteroatoms. The first-order valence-electron chi connectivity index (χ1n) is 9.99. The maximum absolute atomic E-state index is 12.3. The molecule has 0 aliphatic rings. The molecule has 0 spiro atoms. The highest BCUT2D eigenvalue weighted by Crippen LogP contribution is 2.30. The average Bonchev–Trinajstić information content (AvgIpc) is 2.78. The maximum Gasteiger partial charge on any atom is 0.262 e. The van der Waals surface area contributed by atoms with Crippen LogP contribution < -0.4 is 10.1 Å². The second-order valence-electron chi connectivity index (χ2n) is 7.33. The van der Waals surface area contributed by atoms with Gasteiger partial charge in [0.05, 0.1) is 4.47 Å². The van der Waals surface area contributed by atoms with Gasteiger partial charge in [0.2, 0.25) is 5.91 Å². The molecule has 3 aromatic rings. The number of nitrogens with one attached hydrogen (secondary N) is 1. The first kappa shape index (κ1) is 22.6. The molecular formula is C25H25BrN2O3. The molecule has 0 aromatic heterocycles. The van der Waals surface area contributed by atoms with Crippen molar-refractivity contribution in [3.8, 4) is 16.9 Å². The van der Waals surface area contributed by atoms with Crippen molar-refractivity contribution in [2.75, 3.05) is 26.0 Å². The normalized spacial score (nSPS) is 10.4. The number of carbonyl (C=O) groups excluding carboxylic acids is 2. The summed E-state index contributed by atoms with van der Waals surface area (Å²) in [6.45, 7) is -0.0949. The lowest BCUT2D eigenvalue weighted by molar-refractivity contribution is -0.128. The molecule has 0 aliphatic heterocycles. The zero-order valence-corrected chi connectivity index (χ0v) is 19.2. The van der Waals surface area contributed by atoms with Crippen LogP contribution in [-0.2, 0) is 16.0 Å². The largest absolute Gasteiger partial charge is 0.483 e. The van der Waals surface area contributed by atoms with E-state index >= 15 is 0 Å². The van der Waals surface area contributed by atoms with E-state index < -0.39 is 0 Å². The van der Waals surface area contributed by atoms with Gasteiger partial charge in [-0.05, 0) is 63.3 Å². The van der Waals surface area contributed by atoms with Gasteiger partial charge in [0.1, 0.15) is 5.75 Å². The summed E-state index contributed by atoms with van der Waals surface area (Å²) in [5.74, 6) is 0.461. The molecule has 5 nitrogen and oxygen atoms in total. The Hall–Kier alpha value is -3.12. The maximum atomic E-state index is 12.3. The quantitative estimate of drug-likeness (QED) is 0.484. The van der Waals surface area contributed by atoms with Gasteiger partial charge in [-0.25, -0.2) is 0 Å². The molecule has 3 aromatic carbocycles. The highest BCUT2D eigenvalue weighted by Gasteiger charge is 2.09. The van der Waals surface area contributed by atoms with Crippen molar-refractivity contribution < 1.29 is 14.3 Å². The Morgan fingerprint density at radius 3 is 2.29 bits per heavy atom. The number of hydrogen-bond donors (Lipinski definition) is 1. The minimum absolute atomic E-state index is 0.0949. The first-order valence-corrected chi connectivity index (χ1v) is 10.8. The summed E-state index contributed by atoms with van der Waals surface area (Å²) in [6, 6.07) is 23.3. The average molecular weight is 481 g/mol. The molecule has 0 bridgehead atoms. The van der Waals surface area contributed by atoms with Crippen molar-refractivity contribution in [2.24, 2.45) is 0 Å². The van der Waals surface area contributed by atoms with Crippen molar-refractivity contribution >= 4 is 33.4 Å². The van der Waals surface area contributed by atoms with E-state index in [2.05, 4.69) is 21.2 Å². The van der Waals surface area contributed by atoms with Crippen molar-refractivity contribution in [1.29, 1.82) is 0 Å². The van der Waals surface area contributed by atoms with Gasteiger partial charge in [-0.15, -0.1) is 0 Å². The third-order valence-electron chi connectivity index (χ3n) is 4.76. The highest BCUT2D eigenvalue weighted by molar-refractivity contribution is 9.10. The second kappa shape index (κ2) is 10.8. The fraction of sp³-hybridized carbons (Fsp3) is 0.200. The van der Waals surface area contributed by atoms with E-state index in [1.165, 1.54) is 0 Å². The van der Waals surface area contributed by atoms with E-state index in [0.717, 1.165) is 21.2 Å². The number of benzene rings is 3. The van der Waals surface area contributed by atoms with Crippen LogP contribution in [0.1, 0.15) is 12.0 Å².